The van der Waals surface area contributed by atoms with E-state index in [0.29, 0.717) is 133 Å². The lowest BCUT2D eigenvalue weighted by Gasteiger charge is -2.29. The molecule has 30 nitrogen and oxygen atoms in total. The molecule has 8 aromatic heterocycles. The first-order chi connectivity index (χ1) is 62.8. The fraction of sp³-hybridized carbons (Fsp3) is 0.404. The van der Waals surface area contributed by atoms with Crippen molar-refractivity contribution in [3.8, 4) is 23.0 Å². The molecule has 10 aliphatic rings. The SMILES string of the molecule is Cc1ccc2c(N)c(C(=O)N[C@H]3COc4cc(N5C[C@@H](CF)[C@@H](N)C5)ccc4C3)sc2n1.Cc1ccc2c(N)c(C(=O)N[C@H]3COc4cc(N5C[C@@H](N)[C@@H]6OCC[C@@H]65)ccc4C3)sc2n1.Cc1ccc2c(N)c(C(=O)N[C@H]3COc4cc(N5C[C@H](CF)[C@H](N)C5)ccc4C3)sc2n1.Cc1ccc2c(N)c(C(=O)N[C@H]3COc4cc(N5C[C@H](N)[C@H]6OCC[C@H]65)ccc4C3)sc2n1. The number of nitrogen functional groups attached to an aromatic ring is 4. The van der Waals surface area contributed by atoms with Crippen LogP contribution in [0.25, 0.3) is 40.9 Å². The minimum absolute atomic E-state index is 0.0366. The van der Waals surface area contributed by atoms with E-state index in [4.69, 9.17) is 74.3 Å². The highest BCUT2D eigenvalue weighted by Crippen LogP contribution is 2.44. The minimum Gasteiger partial charge on any atom is -0.491 e. The first-order valence-electron chi connectivity index (χ1n) is 44.1. The molecule has 14 atom stereocenters. The number of carbonyl (C=O) groups excluding carboxylic acids is 4. The molecule has 20 N–H and O–H groups in total. The third kappa shape index (κ3) is 17.7. The number of fused-ring (bicyclic) bond motifs is 10. The Bertz CT molecular complexity index is 5980. The van der Waals surface area contributed by atoms with Gasteiger partial charge in [0.1, 0.15) is 88.3 Å². The normalized spacial score (nSPS) is 24.4. The Morgan fingerprint density at radius 3 is 0.931 bits per heavy atom. The van der Waals surface area contributed by atoms with Crippen molar-refractivity contribution in [2.75, 3.05) is 135 Å². The van der Waals surface area contributed by atoms with E-state index in [2.05, 4.69) is 97.2 Å². The number of anilines is 8. The van der Waals surface area contributed by atoms with Crippen molar-refractivity contribution in [3.05, 3.63) is 186 Å². The highest BCUT2D eigenvalue weighted by Gasteiger charge is 2.47. The molecule has 6 fully saturated rings. The summed E-state index contributed by atoms with van der Waals surface area (Å²) < 4.78 is 61.9. The number of rotatable bonds is 14. The van der Waals surface area contributed by atoms with Crippen LogP contribution in [0, 0.1) is 39.5 Å². The molecule has 18 heterocycles. The molecule has 36 heteroatoms. The monoisotopic (exact) mass is 1840 g/mol. The molecule has 0 bridgehead atoms. The quantitative estimate of drug-likeness (QED) is 0.0481. The number of alkyl halides is 2. The summed E-state index contributed by atoms with van der Waals surface area (Å²) in [6.07, 6.45) is 4.97. The van der Waals surface area contributed by atoms with Crippen LogP contribution in [0.5, 0.6) is 23.0 Å². The van der Waals surface area contributed by atoms with Gasteiger partial charge < -0.3 is 115 Å². The van der Waals surface area contributed by atoms with Crippen LogP contribution in [-0.2, 0) is 35.2 Å². The van der Waals surface area contributed by atoms with Crippen molar-refractivity contribution < 1.29 is 56.4 Å². The molecule has 130 heavy (non-hydrogen) atoms. The number of ether oxygens (including phenoxy) is 6. The number of nitrogens with two attached hydrogens (primary N) is 8. The highest BCUT2D eigenvalue weighted by molar-refractivity contribution is 7.22. The molecule has 0 spiro atoms. The van der Waals surface area contributed by atoms with Crippen molar-refractivity contribution in [1.29, 1.82) is 0 Å². The van der Waals surface area contributed by atoms with Crippen LogP contribution >= 0.6 is 45.3 Å². The lowest BCUT2D eigenvalue weighted by atomic mass is 10.0. The topological polar surface area (TPSA) is 444 Å². The first-order valence-corrected chi connectivity index (χ1v) is 47.4. The lowest BCUT2D eigenvalue weighted by molar-refractivity contribution is 0.0912. The number of aryl methyl sites for hydroxylation is 4. The second kappa shape index (κ2) is 36.6. The molecule has 0 radical (unpaired) electrons. The second-order valence-corrected chi connectivity index (χ2v) is 39.5. The predicted molar refractivity (Wildman–Crippen MR) is 509 cm³/mol. The Balaban J connectivity index is 0.000000112. The average Bonchev–Trinajstić information content (AvgIpc) is 1.59. The number of nitrogens with one attached hydrogen (secondary N) is 4. The Kier molecular flexibility index (Phi) is 24.7. The molecule has 4 amide bonds. The van der Waals surface area contributed by atoms with Crippen molar-refractivity contribution in [2.24, 2.45) is 34.8 Å². The summed E-state index contributed by atoms with van der Waals surface area (Å²) in [6.45, 7) is 14.1. The maximum atomic E-state index is 13.1. The Morgan fingerprint density at radius 2 is 0.654 bits per heavy atom. The van der Waals surface area contributed by atoms with E-state index in [1.165, 1.54) is 45.3 Å². The van der Waals surface area contributed by atoms with E-state index >= 15 is 0 Å². The summed E-state index contributed by atoms with van der Waals surface area (Å²) in [5, 5.41) is 15.5. The molecule has 0 saturated carbocycles. The predicted octanol–water partition coefficient (Wildman–Crippen LogP) is 9.76. The smallest absolute Gasteiger partial charge is 0.263 e. The fourth-order valence-electron chi connectivity index (χ4n) is 19.4. The van der Waals surface area contributed by atoms with Gasteiger partial charge in [-0.15, -0.1) is 45.3 Å². The number of benzene rings is 4. The third-order valence-electron chi connectivity index (χ3n) is 26.4. The molecule has 0 unspecified atom stereocenters. The number of hydrogen-bond acceptors (Lipinski definition) is 30. The van der Waals surface area contributed by atoms with Crippen molar-refractivity contribution in [2.45, 2.75) is 139 Å². The Labute approximate surface area is 765 Å². The average molecular weight is 1840 g/mol. The summed E-state index contributed by atoms with van der Waals surface area (Å²) >= 11 is 5.27. The summed E-state index contributed by atoms with van der Waals surface area (Å²) in [5.41, 5.74) is 63.5. The van der Waals surface area contributed by atoms with Gasteiger partial charge in [0, 0.05) is 168 Å². The number of aromatic nitrogens is 4. The summed E-state index contributed by atoms with van der Waals surface area (Å²) in [7, 11) is 0. The molecule has 6 saturated heterocycles. The van der Waals surface area contributed by atoms with Gasteiger partial charge in [-0.25, -0.2) is 19.9 Å². The maximum absolute atomic E-state index is 13.1. The van der Waals surface area contributed by atoms with Gasteiger partial charge in [0.15, 0.2) is 0 Å². The van der Waals surface area contributed by atoms with Gasteiger partial charge in [-0.2, -0.15) is 0 Å². The molecule has 4 aromatic carbocycles. The van der Waals surface area contributed by atoms with Gasteiger partial charge in [0.25, 0.3) is 23.6 Å². The summed E-state index contributed by atoms with van der Waals surface area (Å²) in [6, 6.07) is 39.8. The van der Waals surface area contributed by atoms with E-state index < -0.39 is 13.3 Å². The van der Waals surface area contributed by atoms with Crippen LogP contribution in [0.3, 0.4) is 0 Å². The van der Waals surface area contributed by atoms with Gasteiger partial charge in [-0.3, -0.25) is 28.0 Å². The Morgan fingerprint density at radius 1 is 0.377 bits per heavy atom. The zero-order valence-electron chi connectivity index (χ0n) is 72.4. The zero-order valence-corrected chi connectivity index (χ0v) is 75.7. The van der Waals surface area contributed by atoms with Crippen molar-refractivity contribution >= 4 is 155 Å². The molecule has 0 aliphatic carbocycles. The van der Waals surface area contributed by atoms with Crippen LogP contribution < -0.4 is 106 Å². The molecule has 22 rings (SSSR count). The second-order valence-electron chi connectivity index (χ2n) is 35.5. The Hall–Kier alpha value is -11.6. The molecule has 12 aromatic rings. The van der Waals surface area contributed by atoms with Gasteiger partial charge >= 0.3 is 0 Å². The number of amides is 4. The van der Waals surface area contributed by atoms with E-state index in [1.54, 1.807) is 0 Å². The van der Waals surface area contributed by atoms with Crippen LogP contribution in [0.4, 0.5) is 54.3 Å². The number of pyridine rings is 4. The third-order valence-corrected chi connectivity index (χ3v) is 30.8. The van der Waals surface area contributed by atoms with Crippen LogP contribution in [0.15, 0.2) is 121 Å². The largest absolute Gasteiger partial charge is 0.491 e. The lowest BCUT2D eigenvalue weighted by Crippen LogP contribution is -2.42. The first kappa shape index (κ1) is 87.7. The van der Waals surface area contributed by atoms with E-state index in [1.807, 2.05) is 113 Å². The van der Waals surface area contributed by atoms with Crippen LogP contribution in [0.1, 0.15) is 96.6 Å². The van der Waals surface area contributed by atoms with Gasteiger partial charge in [-0.1, -0.05) is 24.3 Å². The van der Waals surface area contributed by atoms with Gasteiger partial charge in [0.05, 0.1) is 96.6 Å². The molecular weight excluding hydrogens is 1740 g/mol. The minimum atomic E-state index is -0.402. The van der Waals surface area contributed by atoms with Crippen molar-refractivity contribution in [3.63, 3.8) is 0 Å². The van der Waals surface area contributed by atoms with E-state index in [-0.39, 0.29) is 96.0 Å². The van der Waals surface area contributed by atoms with Crippen LogP contribution in [0.2, 0.25) is 0 Å². The molecule has 680 valence electrons. The van der Waals surface area contributed by atoms with E-state index in [0.717, 1.165) is 171 Å². The maximum Gasteiger partial charge on any atom is 0.263 e. The zero-order chi connectivity index (χ0) is 90.2. The fourth-order valence-corrected chi connectivity index (χ4v) is 23.5. The number of nitrogens with zero attached hydrogens (tertiary/aromatic N) is 8. The summed E-state index contributed by atoms with van der Waals surface area (Å²) in [4.78, 5) is 83.7. The summed E-state index contributed by atoms with van der Waals surface area (Å²) in [5.74, 6) is 2.29. The van der Waals surface area contributed by atoms with Crippen LogP contribution in [-0.4, -0.2) is 208 Å². The standard InChI is InChI=1S/2C24H27N5O3S.2C23H26FN5O2S/c2*1-12-2-5-16-20(26)22(33-24(16)27-12)23(30)28-14-8-13-3-4-15(9-19(13)32-11-14)29-10-17(25)21-18(29)6-7-31-21;2*1-12-2-5-17-20(26)21(32-23(17)27-12)22(30)28-15-6-13-3-4-16(7-19(13)31-11-15)29-9-14(8-24)18(25)10-29/h2*2-5,9,14,17-18,21H,6-8,10-11,25-26H2,1H3,(H,28,30);2*2-5,7,14-15,18H,6,8-11,25-26H2,1H3,(H,28,30)/t14-,17+,18-,21-;14-,17-,18+,21+;14-,15+,18+;14-,15-,18+/m1101/s1. The number of hydrogen-bond donors (Lipinski definition) is 12. The molecular formula is C94H106F2N20O10S4. The van der Waals surface area contributed by atoms with Crippen molar-refractivity contribution in [1.82, 2.24) is 41.2 Å². The van der Waals surface area contributed by atoms with Gasteiger partial charge in [-0.05, 0) is 161 Å². The molecule has 10 aliphatic heterocycles. The number of carbonyl (C=O) groups is 4. The van der Waals surface area contributed by atoms with Gasteiger partial charge in [0.2, 0.25) is 0 Å². The number of halogens is 2. The highest BCUT2D eigenvalue weighted by atomic mass is 32.1. The number of thiophene rings is 4. The van der Waals surface area contributed by atoms with E-state index in [9.17, 15) is 28.0 Å².